The van der Waals surface area contributed by atoms with E-state index < -0.39 is 0 Å². The van der Waals surface area contributed by atoms with E-state index in [-0.39, 0.29) is 6.10 Å². The molecule has 0 saturated carbocycles. The number of hydrogen-bond donors (Lipinski definition) is 1. The Balaban J connectivity index is 2.58. The molecule has 1 N–H and O–H groups in total. The Kier molecular flexibility index (Phi) is 5.29. The first-order chi connectivity index (χ1) is 7.67. The van der Waals surface area contributed by atoms with Crippen LogP contribution in [0.3, 0.4) is 0 Å². The number of aliphatic hydroxyl groups is 1. The van der Waals surface area contributed by atoms with Gasteiger partial charge in [0.15, 0.2) is 0 Å². The molecule has 0 radical (unpaired) electrons. The van der Waals surface area contributed by atoms with Gasteiger partial charge < -0.3 is 9.84 Å². The van der Waals surface area contributed by atoms with Crippen LogP contribution in [0.1, 0.15) is 18.9 Å². The van der Waals surface area contributed by atoms with Gasteiger partial charge in [-0.3, -0.25) is 4.90 Å². The Hall–Kier alpha value is -1.06. The number of ether oxygens (including phenoxy) is 1. The molecule has 0 spiro atoms. The van der Waals surface area contributed by atoms with Gasteiger partial charge in [-0.2, -0.15) is 0 Å². The fourth-order valence-corrected chi connectivity index (χ4v) is 1.68. The molecule has 0 aliphatic heterocycles. The summed E-state index contributed by atoms with van der Waals surface area (Å²) in [7, 11) is 3.69. The highest BCUT2D eigenvalue weighted by Crippen LogP contribution is 2.18. The first-order valence-corrected chi connectivity index (χ1v) is 5.65. The average Bonchev–Trinajstić information content (AvgIpc) is 2.29. The van der Waals surface area contributed by atoms with Crippen molar-refractivity contribution in [3.8, 4) is 5.75 Å². The first-order valence-electron chi connectivity index (χ1n) is 5.65. The van der Waals surface area contributed by atoms with Crippen LogP contribution in [-0.4, -0.2) is 36.8 Å². The SMILES string of the molecule is CCC(O)CN(C)Cc1ccccc1OC. The van der Waals surface area contributed by atoms with Gasteiger partial charge in [-0.1, -0.05) is 25.1 Å². The number of nitrogens with zero attached hydrogens (tertiary/aromatic N) is 1. The van der Waals surface area contributed by atoms with E-state index in [2.05, 4.69) is 4.90 Å². The van der Waals surface area contributed by atoms with Crippen molar-refractivity contribution >= 4 is 0 Å². The third kappa shape index (κ3) is 3.83. The maximum absolute atomic E-state index is 9.56. The largest absolute Gasteiger partial charge is 0.496 e. The summed E-state index contributed by atoms with van der Waals surface area (Å²) in [6.45, 7) is 3.47. The van der Waals surface area contributed by atoms with Gasteiger partial charge in [0, 0.05) is 18.7 Å². The van der Waals surface area contributed by atoms with Crippen molar-refractivity contribution in [2.24, 2.45) is 0 Å². The van der Waals surface area contributed by atoms with E-state index in [1.807, 2.05) is 38.2 Å². The molecule has 0 bridgehead atoms. The van der Waals surface area contributed by atoms with Crippen molar-refractivity contribution in [3.05, 3.63) is 29.8 Å². The number of rotatable bonds is 6. The molecule has 1 aromatic carbocycles. The highest BCUT2D eigenvalue weighted by atomic mass is 16.5. The molecule has 1 rings (SSSR count). The van der Waals surface area contributed by atoms with Crippen molar-refractivity contribution in [1.82, 2.24) is 4.90 Å². The van der Waals surface area contributed by atoms with Crippen molar-refractivity contribution < 1.29 is 9.84 Å². The van der Waals surface area contributed by atoms with Crippen LogP contribution in [0.5, 0.6) is 5.75 Å². The number of benzene rings is 1. The molecule has 90 valence electrons. The molecule has 1 atom stereocenters. The van der Waals surface area contributed by atoms with Gasteiger partial charge >= 0.3 is 0 Å². The van der Waals surface area contributed by atoms with Crippen LogP contribution in [-0.2, 0) is 6.54 Å². The second-order valence-corrected chi connectivity index (χ2v) is 4.07. The summed E-state index contributed by atoms with van der Waals surface area (Å²) < 4.78 is 5.29. The lowest BCUT2D eigenvalue weighted by atomic mass is 10.2. The summed E-state index contributed by atoms with van der Waals surface area (Å²) in [6.07, 6.45) is 0.538. The smallest absolute Gasteiger partial charge is 0.123 e. The second kappa shape index (κ2) is 6.51. The van der Waals surface area contributed by atoms with Gasteiger partial charge in [0.2, 0.25) is 0 Å². The molecule has 1 aromatic rings. The Labute approximate surface area is 97.7 Å². The molecule has 0 saturated heterocycles. The van der Waals surface area contributed by atoms with Gasteiger partial charge in [0.1, 0.15) is 5.75 Å². The van der Waals surface area contributed by atoms with Crippen LogP contribution in [0, 0.1) is 0 Å². The quantitative estimate of drug-likeness (QED) is 0.799. The molecule has 0 aliphatic carbocycles. The van der Waals surface area contributed by atoms with E-state index in [1.165, 1.54) is 0 Å². The molecule has 0 aliphatic rings. The van der Waals surface area contributed by atoms with Gasteiger partial charge in [-0.15, -0.1) is 0 Å². The zero-order valence-corrected chi connectivity index (χ0v) is 10.3. The first kappa shape index (κ1) is 13.0. The minimum Gasteiger partial charge on any atom is -0.496 e. The fraction of sp³-hybridized carbons (Fsp3) is 0.538. The Morgan fingerprint density at radius 3 is 2.69 bits per heavy atom. The summed E-state index contributed by atoms with van der Waals surface area (Å²) in [4.78, 5) is 2.10. The molecule has 16 heavy (non-hydrogen) atoms. The minimum absolute atomic E-state index is 0.250. The summed E-state index contributed by atoms with van der Waals surface area (Å²) >= 11 is 0. The zero-order valence-electron chi connectivity index (χ0n) is 10.3. The fourth-order valence-electron chi connectivity index (χ4n) is 1.68. The lowest BCUT2D eigenvalue weighted by Gasteiger charge is -2.20. The van der Waals surface area contributed by atoms with E-state index in [1.54, 1.807) is 7.11 Å². The van der Waals surface area contributed by atoms with Crippen molar-refractivity contribution in [2.75, 3.05) is 20.7 Å². The second-order valence-electron chi connectivity index (χ2n) is 4.07. The molecule has 0 fully saturated rings. The lowest BCUT2D eigenvalue weighted by Crippen LogP contribution is -2.28. The molecular formula is C13H21NO2. The van der Waals surface area contributed by atoms with E-state index in [9.17, 15) is 5.11 Å². The maximum atomic E-state index is 9.56. The number of likely N-dealkylation sites (N-methyl/N-ethyl adjacent to an activating group) is 1. The predicted octanol–water partition coefficient (Wildman–Crippen LogP) is 1.90. The van der Waals surface area contributed by atoms with Gasteiger partial charge in [-0.25, -0.2) is 0 Å². The average molecular weight is 223 g/mol. The third-order valence-electron chi connectivity index (χ3n) is 2.63. The number of hydrogen-bond acceptors (Lipinski definition) is 3. The number of aliphatic hydroxyl groups excluding tert-OH is 1. The van der Waals surface area contributed by atoms with E-state index >= 15 is 0 Å². The predicted molar refractivity (Wildman–Crippen MR) is 65.6 cm³/mol. The van der Waals surface area contributed by atoms with Crippen molar-refractivity contribution in [3.63, 3.8) is 0 Å². The summed E-state index contributed by atoms with van der Waals surface area (Å²) in [5, 5.41) is 9.56. The lowest BCUT2D eigenvalue weighted by molar-refractivity contribution is 0.119. The van der Waals surface area contributed by atoms with Crippen LogP contribution >= 0.6 is 0 Å². The molecule has 3 heteroatoms. The Morgan fingerprint density at radius 2 is 2.06 bits per heavy atom. The summed E-state index contributed by atoms with van der Waals surface area (Å²) in [6, 6.07) is 7.97. The van der Waals surface area contributed by atoms with Crippen LogP contribution < -0.4 is 4.74 Å². The molecule has 1 unspecified atom stereocenters. The summed E-state index contributed by atoms with van der Waals surface area (Å²) in [5.74, 6) is 0.903. The van der Waals surface area contributed by atoms with Gasteiger partial charge in [-0.05, 0) is 19.5 Å². The molecule has 0 amide bonds. The minimum atomic E-state index is -0.250. The zero-order chi connectivity index (χ0) is 12.0. The van der Waals surface area contributed by atoms with Gasteiger partial charge in [0.05, 0.1) is 13.2 Å². The maximum Gasteiger partial charge on any atom is 0.123 e. The van der Waals surface area contributed by atoms with Crippen LogP contribution in [0.2, 0.25) is 0 Å². The van der Waals surface area contributed by atoms with Crippen LogP contribution in [0.25, 0.3) is 0 Å². The van der Waals surface area contributed by atoms with Crippen LogP contribution in [0.4, 0.5) is 0 Å². The molecule has 3 nitrogen and oxygen atoms in total. The number of methoxy groups -OCH3 is 1. The standard InChI is InChI=1S/C13H21NO2/c1-4-12(15)10-14(2)9-11-7-5-6-8-13(11)16-3/h5-8,12,15H,4,9-10H2,1-3H3. The van der Waals surface area contributed by atoms with Crippen molar-refractivity contribution in [2.45, 2.75) is 26.0 Å². The van der Waals surface area contributed by atoms with Crippen LogP contribution in [0.15, 0.2) is 24.3 Å². The van der Waals surface area contributed by atoms with E-state index in [4.69, 9.17) is 4.74 Å². The van der Waals surface area contributed by atoms with Gasteiger partial charge in [0.25, 0.3) is 0 Å². The van der Waals surface area contributed by atoms with Crippen molar-refractivity contribution in [1.29, 1.82) is 0 Å². The molecule has 0 aromatic heterocycles. The normalized spacial score (nSPS) is 12.8. The van der Waals surface area contributed by atoms with E-state index in [0.29, 0.717) is 6.54 Å². The number of para-hydroxylation sites is 1. The third-order valence-corrected chi connectivity index (χ3v) is 2.63. The molecule has 0 heterocycles. The Morgan fingerprint density at radius 1 is 1.38 bits per heavy atom. The highest BCUT2D eigenvalue weighted by molar-refractivity contribution is 5.32. The Bertz CT molecular complexity index is 315. The summed E-state index contributed by atoms with van der Waals surface area (Å²) in [5.41, 5.74) is 1.15. The highest BCUT2D eigenvalue weighted by Gasteiger charge is 2.08. The molecular weight excluding hydrogens is 202 g/mol. The topological polar surface area (TPSA) is 32.7 Å². The van der Waals surface area contributed by atoms with E-state index in [0.717, 1.165) is 24.3 Å². The monoisotopic (exact) mass is 223 g/mol.